The summed E-state index contributed by atoms with van der Waals surface area (Å²) in [5.41, 5.74) is 4.36. The lowest BCUT2D eigenvalue weighted by atomic mass is 10.0. The molecule has 0 fully saturated rings. The molecule has 0 unspecified atom stereocenters. The second-order valence-corrected chi connectivity index (χ2v) is 12.1. The number of anilines is 1. The van der Waals surface area contributed by atoms with E-state index in [0.717, 1.165) is 16.7 Å². The smallest absolute Gasteiger partial charge is 0.263 e. The molecule has 0 spiro atoms. The van der Waals surface area contributed by atoms with Crippen molar-refractivity contribution in [2.24, 2.45) is 5.92 Å². The first-order chi connectivity index (χ1) is 16.0. The van der Waals surface area contributed by atoms with E-state index in [1.54, 1.807) is 36.4 Å². The zero-order valence-electron chi connectivity index (χ0n) is 19.6. The van der Waals surface area contributed by atoms with Crippen molar-refractivity contribution in [2.45, 2.75) is 39.1 Å². The first-order valence-electron chi connectivity index (χ1n) is 10.9. The average molecular weight is 608 g/mol. The van der Waals surface area contributed by atoms with E-state index in [1.165, 1.54) is 6.07 Å². The van der Waals surface area contributed by atoms with Gasteiger partial charge in [0, 0.05) is 33.3 Å². The van der Waals surface area contributed by atoms with Gasteiger partial charge in [-0.1, -0.05) is 48.0 Å². The Kier molecular flexibility index (Phi) is 8.60. The molecule has 0 aliphatic carbocycles. The van der Waals surface area contributed by atoms with E-state index in [0.29, 0.717) is 39.2 Å². The standard InChI is InChI=1S/C26H28Br2N2O3S/c1-17(2)15-30(16-23-18(3)6-5-7-19(23)4)26(31)20-8-11-22(12-9-20)29-34(32,33)25-14-21(27)10-13-24(25)28/h5-14,17,29H,15-16H2,1-4H3. The number of rotatable bonds is 8. The van der Waals surface area contributed by atoms with E-state index < -0.39 is 10.0 Å². The van der Waals surface area contributed by atoms with Crippen LogP contribution in [0, 0.1) is 19.8 Å². The van der Waals surface area contributed by atoms with E-state index >= 15 is 0 Å². The van der Waals surface area contributed by atoms with Crippen molar-refractivity contribution in [1.29, 1.82) is 0 Å². The molecule has 0 aliphatic rings. The predicted molar refractivity (Wildman–Crippen MR) is 145 cm³/mol. The Balaban J connectivity index is 1.82. The van der Waals surface area contributed by atoms with Crippen LogP contribution in [0.4, 0.5) is 5.69 Å². The summed E-state index contributed by atoms with van der Waals surface area (Å²) < 4.78 is 29.4. The molecule has 0 heterocycles. The van der Waals surface area contributed by atoms with Crippen LogP contribution in [0.3, 0.4) is 0 Å². The SMILES string of the molecule is Cc1cccc(C)c1CN(CC(C)C)C(=O)c1ccc(NS(=O)(=O)c2cc(Br)ccc2Br)cc1. The molecule has 3 aromatic rings. The summed E-state index contributed by atoms with van der Waals surface area (Å²) in [5, 5.41) is 0. The molecule has 8 heteroatoms. The number of sulfonamides is 1. The summed E-state index contributed by atoms with van der Waals surface area (Å²) >= 11 is 6.60. The Bertz CT molecular complexity index is 1270. The van der Waals surface area contributed by atoms with Gasteiger partial charge in [0.1, 0.15) is 4.90 Å². The van der Waals surface area contributed by atoms with E-state index in [4.69, 9.17) is 0 Å². The largest absolute Gasteiger partial charge is 0.334 e. The van der Waals surface area contributed by atoms with Gasteiger partial charge in [0.15, 0.2) is 0 Å². The first-order valence-corrected chi connectivity index (χ1v) is 14.0. The van der Waals surface area contributed by atoms with Gasteiger partial charge in [-0.05, 0) is 94.9 Å². The van der Waals surface area contributed by atoms with Gasteiger partial charge in [0.25, 0.3) is 15.9 Å². The molecule has 0 radical (unpaired) electrons. The zero-order chi connectivity index (χ0) is 25.0. The third-order valence-corrected chi connectivity index (χ3v) is 8.30. The Hall–Kier alpha value is -2.16. The number of halogens is 2. The molecule has 0 bridgehead atoms. The van der Waals surface area contributed by atoms with Crippen LogP contribution in [0.5, 0.6) is 0 Å². The first kappa shape index (κ1) is 26.4. The molecular weight excluding hydrogens is 580 g/mol. The highest BCUT2D eigenvalue weighted by atomic mass is 79.9. The number of carbonyl (C=O) groups excluding carboxylic acids is 1. The Morgan fingerprint density at radius 1 is 0.971 bits per heavy atom. The van der Waals surface area contributed by atoms with Crippen molar-refractivity contribution in [2.75, 3.05) is 11.3 Å². The number of nitrogens with one attached hydrogen (secondary N) is 1. The lowest BCUT2D eigenvalue weighted by Crippen LogP contribution is -2.34. The normalized spacial score (nSPS) is 11.5. The minimum Gasteiger partial charge on any atom is -0.334 e. The molecule has 3 aromatic carbocycles. The van der Waals surface area contributed by atoms with Crippen LogP contribution in [0.2, 0.25) is 0 Å². The van der Waals surface area contributed by atoms with E-state index in [1.807, 2.05) is 11.0 Å². The van der Waals surface area contributed by atoms with Gasteiger partial charge in [0.2, 0.25) is 0 Å². The number of aryl methyl sites for hydroxylation is 2. The molecule has 1 N–H and O–H groups in total. The molecule has 0 saturated heterocycles. The van der Waals surface area contributed by atoms with Crippen molar-refractivity contribution in [1.82, 2.24) is 4.90 Å². The van der Waals surface area contributed by atoms with Crippen LogP contribution >= 0.6 is 31.9 Å². The van der Waals surface area contributed by atoms with Crippen LogP contribution in [0.25, 0.3) is 0 Å². The summed E-state index contributed by atoms with van der Waals surface area (Å²) in [4.78, 5) is 15.4. The fraction of sp³-hybridized carbons (Fsp3) is 0.269. The highest BCUT2D eigenvalue weighted by molar-refractivity contribution is 9.11. The number of amides is 1. The molecule has 0 atom stereocenters. The molecule has 0 aromatic heterocycles. The summed E-state index contributed by atoms with van der Waals surface area (Å²) in [5.74, 6) is 0.225. The molecule has 3 rings (SSSR count). The summed E-state index contributed by atoms with van der Waals surface area (Å²) in [6, 6.07) is 17.6. The van der Waals surface area contributed by atoms with E-state index in [2.05, 4.69) is 76.4 Å². The van der Waals surface area contributed by atoms with Gasteiger partial charge in [-0.25, -0.2) is 8.42 Å². The Labute approximate surface area is 218 Å². The summed E-state index contributed by atoms with van der Waals surface area (Å²) in [6.45, 7) is 9.44. The van der Waals surface area contributed by atoms with Crippen LogP contribution < -0.4 is 4.72 Å². The van der Waals surface area contributed by atoms with Gasteiger partial charge in [-0.2, -0.15) is 0 Å². The van der Waals surface area contributed by atoms with Crippen molar-refractivity contribution in [3.05, 3.63) is 91.9 Å². The van der Waals surface area contributed by atoms with Gasteiger partial charge in [-0.15, -0.1) is 0 Å². The van der Waals surface area contributed by atoms with Gasteiger partial charge >= 0.3 is 0 Å². The van der Waals surface area contributed by atoms with Gasteiger partial charge in [0.05, 0.1) is 0 Å². The Morgan fingerprint density at radius 2 is 1.59 bits per heavy atom. The van der Waals surface area contributed by atoms with E-state index in [9.17, 15) is 13.2 Å². The van der Waals surface area contributed by atoms with Crippen LogP contribution in [0.15, 0.2) is 74.5 Å². The number of carbonyl (C=O) groups is 1. The monoisotopic (exact) mass is 606 g/mol. The lowest BCUT2D eigenvalue weighted by Gasteiger charge is -2.26. The third-order valence-electron chi connectivity index (χ3n) is 5.43. The average Bonchev–Trinajstić information content (AvgIpc) is 2.76. The van der Waals surface area contributed by atoms with Crippen LogP contribution in [-0.4, -0.2) is 25.8 Å². The maximum absolute atomic E-state index is 13.4. The number of hydrogen-bond acceptors (Lipinski definition) is 3. The lowest BCUT2D eigenvalue weighted by molar-refractivity contribution is 0.0722. The van der Waals surface area contributed by atoms with Crippen molar-refractivity contribution < 1.29 is 13.2 Å². The topological polar surface area (TPSA) is 66.5 Å². The van der Waals surface area contributed by atoms with Crippen molar-refractivity contribution >= 4 is 53.5 Å². The van der Waals surface area contributed by atoms with Gasteiger partial charge < -0.3 is 4.90 Å². The van der Waals surface area contributed by atoms with Crippen LogP contribution in [0.1, 0.15) is 40.9 Å². The minimum absolute atomic E-state index is 0.0829. The zero-order valence-corrected chi connectivity index (χ0v) is 23.6. The second kappa shape index (κ2) is 11.1. The number of benzene rings is 3. The summed E-state index contributed by atoms with van der Waals surface area (Å²) in [6.07, 6.45) is 0. The molecule has 34 heavy (non-hydrogen) atoms. The van der Waals surface area contributed by atoms with Crippen molar-refractivity contribution in [3.8, 4) is 0 Å². The number of nitrogens with zero attached hydrogens (tertiary/aromatic N) is 1. The van der Waals surface area contributed by atoms with Crippen LogP contribution in [-0.2, 0) is 16.6 Å². The number of hydrogen-bond donors (Lipinski definition) is 1. The molecule has 180 valence electrons. The van der Waals surface area contributed by atoms with E-state index in [-0.39, 0.29) is 10.8 Å². The highest BCUT2D eigenvalue weighted by Crippen LogP contribution is 2.28. The molecular formula is C26H28Br2N2O3S. The fourth-order valence-electron chi connectivity index (χ4n) is 3.71. The van der Waals surface area contributed by atoms with Gasteiger partial charge in [-0.3, -0.25) is 9.52 Å². The highest BCUT2D eigenvalue weighted by Gasteiger charge is 2.21. The molecule has 5 nitrogen and oxygen atoms in total. The molecule has 1 amide bonds. The summed E-state index contributed by atoms with van der Waals surface area (Å²) in [7, 11) is -3.80. The predicted octanol–water partition coefficient (Wildman–Crippen LogP) is 6.93. The Morgan fingerprint density at radius 3 is 2.18 bits per heavy atom. The minimum atomic E-state index is -3.80. The maximum atomic E-state index is 13.4. The second-order valence-electron chi connectivity index (χ2n) is 8.71. The maximum Gasteiger partial charge on any atom is 0.263 e. The fourth-order valence-corrected chi connectivity index (χ4v) is 6.27. The molecule has 0 aliphatic heterocycles. The third kappa shape index (κ3) is 6.49. The van der Waals surface area contributed by atoms with Crippen molar-refractivity contribution in [3.63, 3.8) is 0 Å². The molecule has 0 saturated carbocycles. The quantitative estimate of drug-likeness (QED) is 0.302.